The first-order valence-electron chi connectivity index (χ1n) is 8.18. The summed E-state index contributed by atoms with van der Waals surface area (Å²) in [6.45, 7) is 2.18. The maximum absolute atomic E-state index is 11.8. The van der Waals surface area contributed by atoms with E-state index in [1.54, 1.807) is 10.9 Å². The molecule has 3 atom stereocenters. The average molecular weight is 316 g/mol. The van der Waals surface area contributed by atoms with Gasteiger partial charge in [0.05, 0.1) is 18.5 Å². The van der Waals surface area contributed by atoms with Gasteiger partial charge in [0.2, 0.25) is 5.91 Å². The van der Waals surface area contributed by atoms with E-state index in [9.17, 15) is 4.79 Å². The van der Waals surface area contributed by atoms with Crippen LogP contribution in [-0.4, -0.2) is 27.8 Å². The van der Waals surface area contributed by atoms with Crippen molar-refractivity contribution >= 4 is 5.91 Å². The van der Waals surface area contributed by atoms with Gasteiger partial charge in [-0.15, -0.1) is 0 Å². The highest BCUT2D eigenvalue weighted by Crippen LogP contribution is 2.24. The fourth-order valence-corrected chi connectivity index (χ4v) is 3.16. The Balaban J connectivity index is 1.60. The number of carbonyl (C=O) groups excluding carboxylic acids is 1. The van der Waals surface area contributed by atoms with Crippen molar-refractivity contribution in [3.05, 3.63) is 42.1 Å². The Morgan fingerprint density at radius 1 is 1.57 bits per heavy atom. The van der Waals surface area contributed by atoms with E-state index in [2.05, 4.69) is 22.7 Å². The second-order valence-corrected chi connectivity index (χ2v) is 6.32. The van der Waals surface area contributed by atoms with E-state index in [0.29, 0.717) is 12.5 Å². The maximum Gasteiger partial charge on any atom is 0.220 e. The normalized spacial score (nSPS) is 22.8. The Morgan fingerprint density at radius 3 is 3.13 bits per heavy atom. The molecule has 124 valence electrons. The van der Waals surface area contributed by atoms with Gasteiger partial charge in [-0.3, -0.25) is 9.48 Å². The lowest BCUT2D eigenvalue weighted by atomic mass is 9.92. The van der Waals surface area contributed by atoms with Crippen molar-refractivity contribution < 1.29 is 9.21 Å². The molecule has 0 radical (unpaired) electrons. The van der Waals surface area contributed by atoms with Crippen molar-refractivity contribution in [3.8, 4) is 0 Å². The number of furan rings is 1. The molecule has 1 aliphatic rings. The number of carbonyl (C=O) groups is 1. The molecular formula is C17H24N4O2. The van der Waals surface area contributed by atoms with Crippen LogP contribution in [0.15, 0.2) is 35.2 Å². The molecule has 3 heterocycles. The summed E-state index contributed by atoms with van der Waals surface area (Å²) in [6, 6.07) is 4.48. The molecule has 2 N–H and O–H groups in total. The molecule has 0 aromatic carbocycles. The number of hydrogen-bond donors (Lipinski definition) is 2. The van der Waals surface area contributed by atoms with Crippen LogP contribution in [0.5, 0.6) is 0 Å². The van der Waals surface area contributed by atoms with Gasteiger partial charge in [0, 0.05) is 43.7 Å². The molecule has 0 aliphatic carbocycles. The molecule has 0 unspecified atom stereocenters. The molecule has 0 saturated carbocycles. The molecule has 0 spiro atoms. The van der Waals surface area contributed by atoms with E-state index < -0.39 is 0 Å². The zero-order valence-corrected chi connectivity index (χ0v) is 13.7. The van der Waals surface area contributed by atoms with Crippen molar-refractivity contribution in [2.45, 2.75) is 50.7 Å². The molecule has 3 rings (SSSR count). The smallest absolute Gasteiger partial charge is 0.220 e. The summed E-state index contributed by atoms with van der Waals surface area (Å²) in [7, 11) is 1.89. The molecule has 6 heteroatoms. The molecule has 0 bridgehead atoms. The van der Waals surface area contributed by atoms with E-state index in [1.807, 2.05) is 31.6 Å². The van der Waals surface area contributed by atoms with Crippen LogP contribution in [0.2, 0.25) is 0 Å². The Kier molecular flexibility index (Phi) is 4.81. The quantitative estimate of drug-likeness (QED) is 0.854. The van der Waals surface area contributed by atoms with Crippen LogP contribution < -0.4 is 10.6 Å². The molecule has 2 aromatic rings. The number of aryl methyl sites for hydroxylation is 2. The lowest BCUT2D eigenvalue weighted by Gasteiger charge is -2.34. The summed E-state index contributed by atoms with van der Waals surface area (Å²) >= 11 is 0. The van der Waals surface area contributed by atoms with Crippen LogP contribution >= 0.6 is 0 Å². The van der Waals surface area contributed by atoms with Gasteiger partial charge in [-0.2, -0.15) is 5.10 Å². The summed E-state index contributed by atoms with van der Waals surface area (Å²) in [4.78, 5) is 11.8. The van der Waals surface area contributed by atoms with E-state index in [-0.39, 0.29) is 18.0 Å². The first-order chi connectivity index (χ1) is 11.1. The number of rotatable bonds is 6. The van der Waals surface area contributed by atoms with Crippen LogP contribution in [0, 0.1) is 0 Å². The molecular weight excluding hydrogens is 292 g/mol. The van der Waals surface area contributed by atoms with Crippen LogP contribution in [-0.2, 0) is 18.3 Å². The molecule has 1 aliphatic heterocycles. The van der Waals surface area contributed by atoms with Crippen LogP contribution in [0.4, 0.5) is 0 Å². The van der Waals surface area contributed by atoms with Crippen LogP contribution in [0.25, 0.3) is 0 Å². The van der Waals surface area contributed by atoms with E-state index in [0.717, 1.165) is 30.6 Å². The first-order valence-corrected chi connectivity index (χ1v) is 8.18. The van der Waals surface area contributed by atoms with E-state index in [4.69, 9.17) is 4.42 Å². The topological polar surface area (TPSA) is 72.1 Å². The zero-order chi connectivity index (χ0) is 16.2. The Labute approximate surface area is 136 Å². The number of piperidine rings is 1. The van der Waals surface area contributed by atoms with Crippen molar-refractivity contribution in [1.29, 1.82) is 0 Å². The largest absolute Gasteiger partial charge is 0.469 e. The first kappa shape index (κ1) is 15.8. The standard InChI is InChI=1S/C17H24N4O2/c1-12(5-6-14-4-3-9-23-14)19-15-7-8-16(22)20-17(15)13-10-18-21(2)11-13/h3-4,9-12,15,17,19H,5-8H2,1-2H3,(H,20,22)/t12-,15-,17+/m1/s1. The minimum atomic E-state index is -0.0176. The average Bonchev–Trinajstić information content (AvgIpc) is 3.18. The minimum Gasteiger partial charge on any atom is -0.469 e. The highest BCUT2D eigenvalue weighted by Gasteiger charge is 2.31. The predicted molar refractivity (Wildman–Crippen MR) is 86.7 cm³/mol. The van der Waals surface area contributed by atoms with Gasteiger partial charge in [-0.05, 0) is 31.9 Å². The summed E-state index contributed by atoms with van der Waals surface area (Å²) in [5, 5.41) is 11.0. The van der Waals surface area contributed by atoms with Gasteiger partial charge >= 0.3 is 0 Å². The van der Waals surface area contributed by atoms with Gasteiger partial charge in [-0.25, -0.2) is 0 Å². The van der Waals surface area contributed by atoms with Gasteiger partial charge < -0.3 is 15.1 Å². The third kappa shape index (κ3) is 4.01. The summed E-state index contributed by atoms with van der Waals surface area (Å²) < 4.78 is 7.16. The highest BCUT2D eigenvalue weighted by molar-refractivity contribution is 5.77. The van der Waals surface area contributed by atoms with Gasteiger partial charge in [0.25, 0.3) is 0 Å². The third-order valence-electron chi connectivity index (χ3n) is 4.39. The lowest BCUT2D eigenvalue weighted by Crippen LogP contribution is -2.50. The molecule has 1 amide bonds. The van der Waals surface area contributed by atoms with Crippen molar-refractivity contribution in [2.24, 2.45) is 7.05 Å². The number of aromatic nitrogens is 2. The summed E-state index contributed by atoms with van der Waals surface area (Å²) in [5.41, 5.74) is 1.05. The van der Waals surface area contributed by atoms with Crippen molar-refractivity contribution in [1.82, 2.24) is 20.4 Å². The van der Waals surface area contributed by atoms with Crippen LogP contribution in [0.3, 0.4) is 0 Å². The zero-order valence-electron chi connectivity index (χ0n) is 13.7. The number of nitrogens with zero attached hydrogens (tertiary/aromatic N) is 2. The lowest BCUT2D eigenvalue weighted by molar-refractivity contribution is -0.124. The minimum absolute atomic E-state index is 0.0176. The van der Waals surface area contributed by atoms with E-state index >= 15 is 0 Å². The monoisotopic (exact) mass is 316 g/mol. The van der Waals surface area contributed by atoms with Gasteiger partial charge in [0.15, 0.2) is 0 Å². The molecule has 1 fully saturated rings. The number of nitrogens with one attached hydrogen (secondary N) is 2. The Bertz CT molecular complexity index is 635. The second-order valence-electron chi connectivity index (χ2n) is 6.32. The fourth-order valence-electron chi connectivity index (χ4n) is 3.16. The predicted octanol–water partition coefficient (Wildman–Crippen LogP) is 1.94. The van der Waals surface area contributed by atoms with E-state index in [1.165, 1.54) is 0 Å². The molecule has 2 aromatic heterocycles. The van der Waals surface area contributed by atoms with Crippen molar-refractivity contribution in [2.75, 3.05) is 0 Å². The summed E-state index contributed by atoms with van der Waals surface area (Å²) in [5.74, 6) is 1.12. The highest BCUT2D eigenvalue weighted by atomic mass is 16.3. The SMILES string of the molecule is C[C@H](CCc1ccco1)N[C@@H]1CCC(=O)N[C@H]1c1cnn(C)c1. The van der Waals surface area contributed by atoms with Crippen molar-refractivity contribution in [3.63, 3.8) is 0 Å². The Hall–Kier alpha value is -2.08. The fraction of sp³-hybridized carbons (Fsp3) is 0.529. The van der Waals surface area contributed by atoms with Crippen LogP contribution in [0.1, 0.15) is 43.6 Å². The van der Waals surface area contributed by atoms with Gasteiger partial charge in [-0.1, -0.05) is 0 Å². The number of amides is 1. The molecule has 6 nitrogen and oxygen atoms in total. The second kappa shape index (κ2) is 7.00. The van der Waals surface area contributed by atoms with Gasteiger partial charge in [0.1, 0.15) is 5.76 Å². The maximum atomic E-state index is 11.8. The number of hydrogen-bond acceptors (Lipinski definition) is 4. The third-order valence-corrected chi connectivity index (χ3v) is 4.39. The molecule has 1 saturated heterocycles. The Morgan fingerprint density at radius 2 is 2.43 bits per heavy atom. The molecule has 23 heavy (non-hydrogen) atoms. The summed E-state index contributed by atoms with van der Waals surface area (Å²) in [6.07, 6.45) is 8.84.